The Balaban J connectivity index is 4.95. The molecule has 0 aliphatic heterocycles. The molecule has 0 N–H and O–H groups in total. The average Bonchev–Trinajstić information content (AvgIpc) is 2.41. The van der Waals surface area contributed by atoms with Crippen molar-refractivity contribution in [2.75, 3.05) is 0 Å². The number of amides is 1. The molecule has 0 bridgehead atoms. The van der Waals surface area contributed by atoms with Gasteiger partial charge in [0.2, 0.25) is 5.91 Å². The normalized spacial score (nSPS) is 12.7. The number of unbranched alkanes of at least 4 members (excludes halogenated alkanes) is 1. The molecule has 114 valence electrons. The van der Waals surface area contributed by atoms with Gasteiger partial charge in [-0.15, -0.1) is 0 Å². The molecule has 0 aromatic heterocycles. The molecular formula is C17H35NO. The Morgan fingerprint density at radius 3 is 1.89 bits per heavy atom. The van der Waals surface area contributed by atoms with Gasteiger partial charge >= 0.3 is 0 Å². The summed E-state index contributed by atoms with van der Waals surface area (Å²) in [6.45, 7) is 11.0. The third kappa shape index (κ3) is 6.44. The van der Waals surface area contributed by atoms with E-state index in [1.165, 1.54) is 25.7 Å². The van der Waals surface area contributed by atoms with Crippen LogP contribution in [-0.4, -0.2) is 22.9 Å². The fourth-order valence-corrected chi connectivity index (χ4v) is 2.93. The van der Waals surface area contributed by atoms with Crippen LogP contribution in [0.3, 0.4) is 0 Å². The predicted molar refractivity (Wildman–Crippen MR) is 84.3 cm³/mol. The second-order valence-corrected chi connectivity index (χ2v) is 5.61. The molecule has 19 heavy (non-hydrogen) atoms. The number of hydrogen-bond acceptors (Lipinski definition) is 1. The summed E-state index contributed by atoms with van der Waals surface area (Å²) < 4.78 is 0. The maximum Gasteiger partial charge on any atom is 0.223 e. The van der Waals surface area contributed by atoms with E-state index in [-0.39, 0.29) is 0 Å². The first kappa shape index (κ1) is 18.5. The van der Waals surface area contributed by atoms with Gasteiger partial charge in [-0.25, -0.2) is 0 Å². The molecule has 0 fully saturated rings. The van der Waals surface area contributed by atoms with Crippen LogP contribution in [0.2, 0.25) is 0 Å². The minimum atomic E-state index is 0.380. The van der Waals surface area contributed by atoms with E-state index < -0.39 is 0 Å². The molecule has 0 saturated heterocycles. The minimum absolute atomic E-state index is 0.380. The summed E-state index contributed by atoms with van der Waals surface area (Å²) in [7, 11) is 0. The van der Waals surface area contributed by atoms with Crippen molar-refractivity contribution < 1.29 is 4.79 Å². The van der Waals surface area contributed by atoms with Crippen molar-refractivity contribution in [2.45, 2.75) is 104 Å². The average molecular weight is 269 g/mol. The summed E-state index contributed by atoms with van der Waals surface area (Å²) in [5.41, 5.74) is 0. The van der Waals surface area contributed by atoms with E-state index in [0.29, 0.717) is 24.4 Å². The Morgan fingerprint density at radius 1 is 0.842 bits per heavy atom. The molecule has 1 unspecified atom stereocenters. The highest BCUT2D eigenvalue weighted by Crippen LogP contribution is 2.22. The molecule has 0 aliphatic rings. The number of nitrogens with zero attached hydrogens (tertiary/aromatic N) is 1. The highest BCUT2D eigenvalue weighted by atomic mass is 16.2. The third-order valence-electron chi connectivity index (χ3n) is 3.99. The molecule has 0 aliphatic carbocycles. The predicted octanol–water partition coefficient (Wildman–Crippen LogP) is 5.16. The maximum absolute atomic E-state index is 12.5. The number of rotatable bonds is 11. The first-order valence-corrected chi connectivity index (χ1v) is 8.47. The van der Waals surface area contributed by atoms with Crippen LogP contribution in [0.25, 0.3) is 0 Å². The van der Waals surface area contributed by atoms with Gasteiger partial charge in [0, 0.05) is 18.5 Å². The van der Waals surface area contributed by atoms with Gasteiger partial charge in [-0.3, -0.25) is 4.79 Å². The standard InChI is InChI=1S/C17H35NO/c1-6-11-14-16(12-7-2)18(15(9-4)10-5)17(19)13-8-3/h15-16H,6-14H2,1-5H3. The monoisotopic (exact) mass is 269 g/mol. The summed E-state index contributed by atoms with van der Waals surface area (Å²) in [5, 5.41) is 0. The summed E-state index contributed by atoms with van der Waals surface area (Å²) in [6, 6.07) is 0.904. The zero-order chi connectivity index (χ0) is 14.7. The minimum Gasteiger partial charge on any atom is -0.337 e. The van der Waals surface area contributed by atoms with Crippen molar-refractivity contribution in [3.63, 3.8) is 0 Å². The lowest BCUT2D eigenvalue weighted by Crippen LogP contribution is -2.46. The lowest BCUT2D eigenvalue weighted by Gasteiger charge is -2.38. The Labute approximate surface area is 120 Å². The van der Waals surface area contributed by atoms with Crippen molar-refractivity contribution in [3.05, 3.63) is 0 Å². The molecule has 0 aromatic carbocycles. The van der Waals surface area contributed by atoms with Gasteiger partial charge in [0.05, 0.1) is 0 Å². The molecule has 0 spiro atoms. The van der Waals surface area contributed by atoms with E-state index in [2.05, 4.69) is 39.5 Å². The molecule has 0 rings (SSSR count). The molecule has 2 heteroatoms. The van der Waals surface area contributed by atoms with Crippen molar-refractivity contribution in [1.82, 2.24) is 4.90 Å². The highest BCUT2D eigenvalue weighted by Gasteiger charge is 2.27. The van der Waals surface area contributed by atoms with E-state index in [4.69, 9.17) is 0 Å². The maximum atomic E-state index is 12.5. The molecule has 1 amide bonds. The highest BCUT2D eigenvalue weighted by molar-refractivity contribution is 5.76. The summed E-state index contributed by atoms with van der Waals surface area (Å²) in [6.07, 6.45) is 9.80. The zero-order valence-electron chi connectivity index (χ0n) is 13.9. The SMILES string of the molecule is CCCCC(CCC)N(C(=O)CCC)C(CC)CC. The first-order chi connectivity index (χ1) is 9.15. The fraction of sp³-hybridized carbons (Fsp3) is 0.941. The number of hydrogen-bond donors (Lipinski definition) is 0. The van der Waals surface area contributed by atoms with Gasteiger partial charge in [0.1, 0.15) is 0 Å². The van der Waals surface area contributed by atoms with E-state index in [1.54, 1.807) is 0 Å². The van der Waals surface area contributed by atoms with E-state index in [9.17, 15) is 4.79 Å². The van der Waals surface area contributed by atoms with Gasteiger partial charge in [-0.2, -0.15) is 0 Å². The number of carbonyl (C=O) groups excluding carboxylic acids is 1. The lowest BCUT2D eigenvalue weighted by atomic mass is 9.98. The van der Waals surface area contributed by atoms with Gasteiger partial charge in [-0.1, -0.05) is 53.9 Å². The molecule has 2 nitrogen and oxygen atoms in total. The van der Waals surface area contributed by atoms with Crippen LogP contribution in [0.4, 0.5) is 0 Å². The molecule has 0 aromatic rings. The van der Waals surface area contributed by atoms with E-state index in [0.717, 1.165) is 25.7 Å². The van der Waals surface area contributed by atoms with Crippen LogP contribution >= 0.6 is 0 Å². The van der Waals surface area contributed by atoms with Crippen LogP contribution < -0.4 is 0 Å². The molecule has 0 saturated carbocycles. The topological polar surface area (TPSA) is 20.3 Å². The second kappa shape index (κ2) is 11.3. The Kier molecular flexibility index (Phi) is 11.0. The number of carbonyl (C=O) groups is 1. The molecule has 0 heterocycles. The van der Waals surface area contributed by atoms with Crippen LogP contribution in [0.5, 0.6) is 0 Å². The fourth-order valence-electron chi connectivity index (χ4n) is 2.93. The zero-order valence-corrected chi connectivity index (χ0v) is 13.9. The Bertz CT molecular complexity index is 223. The summed E-state index contributed by atoms with van der Waals surface area (Å²) >= 11 is 0. The van der Waals surface area contributed by atoms with Crippen molar-refractivity contribution >= 4 is 5.91 Å². The van der Waals surface area contributed by atoms with Gasteiger partial charge in [0.15, 0.2) is 0 Å². The lowest BCUT2D eigenvalue weighted by molar-refractivity contribution is -0.137. The van der Waals surface area contributed by atoms with Gasteiger partial charge in [-0.05, 0) is 32.1 Å². The smallest absolute Gasteiger partial charge is 0.223 e. The molecule has 1 atom stereocenters. The first-order valence-electron chi connectivity index (χ1n) is 8.47. The second-order valence-electron chi connectivity index (χ2n) is 5.61. The Hall–Kier alpha value is -0.530. The van der Waals surface area contributed by atoms with Crippen LogP contribution in [0, 0.1) is 0 Å². The van der Waals surface area contributed by atoms with Crippen molar-refractivity contribution in [1.29, 1.82) is 0 Å². The largest absolute Gasteiger partial charge is 0.337 e. The van der Waals surface area contributed by atoms with Crippen molar-refractivity contribution in [3.8, 4) is 0 Å². The third-order valence-corrected chi connectivity index (χ3v) is 3.99. The summed E-state index contributed by atoms with van der Waals surface area (Å²) in [4.78, 5) is 14.8. The summed E-state index contributed by atoms with van der Waals surface area (Å²) in [5.74, 6) is 0.380. The molecule has 0 radical (unpaired) electrons. The van der Waals surface area contributed by atoms with Gasteiger partial charge in [0.25, 0.3) is 0 Å². The molecular weight excluding hydrogens is 234 g/mol. The van der Waals surface area contributed by atoms with Crippen LogP contribution in [0.15, 0.2) is 0 Å². The van der Waals surface area contributed by atoms with Crippen LogP contribution in [-0.2, 0) is 4.79 Å². The van der Waals surface area contributed by atoms with Crippen LogP contribution in [0.1, 0.15) is 92.4 Å². The van der Waals surface area contributed by atoms with E-state index >= 15 is 0 Å². The van der Waals surface area contributed by atoms with Gasteiger partial charge < -0.3 is 4.90 Å². The quantitative estimate of drug-likeness (QED) is 0.507. The Morgan fingerprint density at radius 2 is 1.47 bits per heavy atom. The van der Waals surface area contributed by atoms with E-state index in [1.807, 2.05) is 0 Å². The van der Waals surface area contributed by atoms with Crippen molar-refractivity contribution in [2.24, 2.45) is 0 Å².